The summed E-state index contributed by atoms with van der Waals surface area (Å²) in [5, 5.41) is 5.70. The standard InChI is InChI=1S/C10H18N2O2/c1-3-4-5-6-12-10(13)9-11-7-8-14-2/h11H,5-9H2,1-2H3,(H,12,13). The Labute approximate surface area is 85.4 Å². The van der Waals surface area contributed by atoms with E-state index in [0.29, 0.717) is 32.7 Å². The lowest BCUT2D eigenvalue weighted by Crippen LogP contribution is -2.35. The van der Waals surface area contributed by atoms with Crippen molar-refractivity contribution in [3.8, 4) is 11.8 Å². The molecule has 80 valence electrons. The van der Waals surface area contributed by atoms with Crippen molar-refractivity contribution >= 4 is 5.91 Å². The van der Waals surface area contributed by atoms with Gasteiger partial charge in [0, 0.05) is 26.6 Å². The van der Waals surface area contributed by atoms with Crippen molar-refractivity contribution in [3.05, 3.63) is 0 Å². The Morgan fingerprint density at radius 3 is 2.86 bits per heavy atom. The molecule has 0 bridgehead atoms. The Morgan fingerprint density at radius 2 is 2.21 bits per heavy atom. The fourth-order valence-corrected chi connectivity index (χ4v) is 0.828. The minimum Gasteiger partial charge on any atom is -0.383 e. The smallest absolute Gasteiger partial charge is 0.233 e. The number of hydrogen-bond donors (Lipinski definition) is 2. The molecule has 0 atom stereocenters. The second-order valence-electron chi connectivity index (χ2n) is 2.70. The number of carbonyl (C=O) groups excluding carboxylic acids is 1. The van der Waals surface area contributed by atoms with Crippen LogP contribution in [0.5, 0.6) is 0 Å². The average molecular weight is 198 g/mol. The van der Waals surface area contributed by atoms with Gasteiger partial charge in [0.1, 0.15) is 0 Å². The quantitative estimate of drug-likeness (QED) is 0.438. The molecule has 0 aliphatic rings. The van der Waals surface area contributed by atoms with Crippen LogP contribution in [-0.4, -0.2) is 39.3 Å². The van der Waals surface area contributed by atoms with Crippen molar-refractivity contribution in [1.29, 1.82) is 0 Å². The molecule has 0 unspecified atom stereocenters. The lowest BCUT2D eigenvalue weighted by atomic mass is 10.4. The van der Waals surface area contributed by atoms with Crippen molar-refractivity contribution < 1.29 is 9.53 Å². The van der Waals surface area contributed by atoms with Crippen molar-refractivity contribution in [2.45, 2.75) is 13.3 Å². The summed E-state index contributed by atoms with van der Waals surface area (Å²) < 4.78 is 4.82. The molecule has 0 saturated heterocycles. The number of hydrogen-bond acceptors (Lipinski definition) is 3. The molecule has 0 aromatic heterocycles. The maximum absolute atomic E-state index is 11.1. The van der Waals surface area contributed by atoms with Gasteiger partial charge in [-0.05, 0) is 6.92 Å². The highest BCUT2D eigenvalue weighted by molar-refractivity contribution is 5.77. The van der Waals surface area contributed by atoms with Crippen molar-refractivity contribution in [3.63, 3.8) is 0 Å². The second kappa shape index (κ2) is 10.0. The molecule has 0 aromatic rings. The fraction of sp³-hybridized carbons (Fsp3) is 0.700. The van der Waals surface area contributed by atoms with E-state index in [1.54, 1.807) is 14.0 Å². The van der Waals surface area contributed by atoms with Crippen LogP contribution in [0.25, 0.3) is 0 Å². The SMILES string of the molecule is CC#CCCNC(=O)CNCCOC. The molecular weight excluding hydrogens is 180 g/mol. The van der Waals surface area contributed by atoms with E-state index in [2.05, 4.69) is 22.5 Å². The highest BCUT2D eigenvalue weighted by Crippen LogP contribution is 1.72. The molecule has 0 heterocycles. The summed E-state index contributed by atoms with van der Waals surface area (Å²) >= 11 is 0. The van der Waals surface area contributed by atoms with Crippen molar-refractivity contribution in [2.24, 2.45) is 0 Å². The average Bonchev–Trinajstić information content (AvgIpc) is 2.19. The molecule has 0 rings (SSSR count). The van der Waals surface area contributed by atoms with E-state index in [1.165, 1.54) is 0 Å². The van der Waals surface area contributed by atoms with Gasteiger partial charge >= 0.3 is 0 Å². The Bertz CT molecular complexity index is 206. The molecule has 0 aromatic carbocycles. The number of nitrogens with one attached hydrogen (secondary N) is 2. The van der Waals surface area contributed by atoms with Crippen LogP contribution < -0.4 is 10.6 Å². The van der Waals surface area contributed by atoms with Gasteiger partial charge in [0.15, 0.2) is 0 Å². The summed E-state index contributed by atoms with van der Waals surface area (Å²) in [6.07, 6.45) is 0.709. The predicted molar refractivity (Wildman–Crippen MR) is 55.8 cm³/mol. The van der Waals surface area contributed by atoms with Gasteiger partial charge in [0.05, 0.1) is 13.2 Å². The topological polar surface area (TPSA) is 50.4 Å². The van der Waals surface area contributed by atoms with Crippen LogP contribution in [0.15, 0.2) is 0 Å². The lowest BCUT2D eigenvalue weighted by molar-refractivity contribution is -0.120. The third-order valence-corrected chi connectivity index (χ3v) is 1.52. The minimum atomic E-state index is -0.000920. The van der Waals surface area contributed by atoms with Crippen LogP contribution in [0.2, 0.25) is 0 Å². The zero-order valence-corrected chi connectivity index (χ0v) is 8.85. The number of ether oxygens (including phenoxy) is 1. The monoisotopic (exact) mass is 198 g/mol. The molecule has 0 fully saturated rings. The van der Waals surface area contributed by atoms with Crippen molar-refractivity contribution in [2.75, 3.05) is 33.4 Å². The molecule has 4 nitrogen and oxygen atoms in total. The van der Waals surface area contributed by atoms with Crippen LogP contribution in [-0.2, 0) is 9.53 Å². The molecule has 2 N–H and O–H groups in total. The van der Waals surface area contributed by atoms with Gasteiger partial charge in [-0.25, -0.2) is 0 Å². The zero-order chi connectivity index (χ0) is 10.6. The van der Waals surface area contributed by atoms with Gasteiger partial charge in [-0.3, -0.25) is 4.79 Å². The summed E-state index contributed by atoms with van der Waals surface area (Å²) in [6, 6.07) is 0. The Balaban J connectivity index is 3.22. The van der Waals surface area contributed by atoms with E-state index in [-0.39, 0.29) is 5.91 Å². The molecule has 1 amide bonds. The van der Waals surface area contributed by atoms with E-state index < -0.39 is 0 Å². The summed E-state index contributed by atoms with van der Waals surface area (Å²) in [5.41, 5.74) is 0. The first kappa shape index (κ1) is 12.9. The maximum Gasteiger partial charge on any atom is 0.233 e. The van der Waals surface area contributed by atoms with E-state index in [0.717, 1.165) is 0 Å². The highest BCUT2D eigenvalue weighted by Gasteiger charge is 1.97. The van der Waals surface area contributed by atoms with Crippen LogP contribution >= 0.6 is 0 Å². The molecule has 4 heteroatoms. The van der Waals surface area contributed by atoms with Crippen LogP contribution in [0.3, 0.4) is 0 Å². The Kier molecular flexibility index (Phi) is 9.28. The second-order valence-corrected chi connectivity index (χ2v) is 2.70. The number of carbonyl (C=O) groups is 1. The fourth-order valence-electron chi connectivity index (χ4n) is 0.828. The van der Waals surface area contributed by atoms with Gasteiger partial charge in [-0.1, -0.05) is 0 Å². The summed E-state index contributed by atoms with van der Waals surface area (Å²) in [5.74, 6) is 5.64. The van der Waals surface area contributed by atoms with Crippen LogP contribution in [0, 0.1) is 11.8 Å². The van der Waals surface area contributed by atoms with E-state index in [4.69, 9.17) is 4.74 Å². The molecular formula is C10H18N2O2. The van der Waals surface area contributed by atoms with Gasteiger partial charge in [0.2, 0.25) is 5.91 Å². The molecule has 0 aliphatic carbocycles. The van der Waals surface area contributed by atoms with Crippen LogP contribution in [0.4, 0.5) is 0 Å². The van der Waals surface area contributed by atoms with Crippen LogP contribution in [0.1, 0.15) is 13.3 Å². The molecule has 0 aliphatic heterocycles. The van der Waals surface area contributed by atoms with Gasteiger partial charge in [-0.15, -0.1) is 11.8 Å². The first-order valence-corrected chi connectivity index (χ1v) is 4.67. The molecule has 0 saturated carbocycles. The first-order valence-electron chi connectivity index (χ1n) is 4.67. The summed E-state index contributed by atoms with van der Waals surface area (Å²) in [6.45, 7) is 4.05. The first-order chi connectivity index (χ1) is 6.81. The molecule has 14 heavy (non-hydrogen) atoms. The molecule has 0 radical (unpaired) electrons. The third kappa shape index (κ3) is 9.04. The lowest BCUT2D eigenvalue weighted by Gasteiger charge is -2.04. The summed E-state index contributed by atoms with van der Waals surface area (Å²) in [4.78, 5) is 11.1. The number of rotatable bonds is 7. The van der Waals surface area contributed by atoms with Crippen molar-refractivity contribution in [1.82, 2.24) is 10.6 Å². The number of amides is 1. The van der Waals surface area contributed by atoms with E-state index in [1.807, 2.05) is 0 Å². The Morgan fingerprint density at radius 1 is 1.43 bits per heavy atom. The maximum atomic E-state index is 11.1. The third-order valence-electron chi connectivity index (χ3n) is 1.52. The van der Waals surface area contributed by atoms with E-state index in [9.17, 15) is 4.79 Å². The van der Waals surface area contributed by atoms with Gasteiger partial charge in [0.25, 0.3) is 0 Å². The largest absolute Gasteiger partial charge is 0.383 e. The predicted octanol–water partition coefficient (Wildman–Crippen LogP) is -0.248. The van der Waals surface area contributed by atoms with E-state index >= 15 is 0 Å². The van der Waals surface area contributed by atoms with Gasteiger partial charge in [-0.2, -0.15) is 0 Å². The Hall–Kier alpha value is -1.05. The normalized spacial score (nSPS) is 9.00. The number of methoxy groups -OCH3 is 1. The van der Waals surface area contributed by atoms with Gasteiger partial charge < -0.3 is 15.4 Å². The zero-order valence-electron chi connectivity index (χ0n) is 8.85. The minimum absolute atomic E-state index is 0.000920. The summed E-state index contributed by atoms with van der Waals surface area (Å²) in [7, 11) is 1.63. The molecule has 0 spiro atoms. The highest BCUT2D eigenvalue weighted by atomic mass is 16.5.